The Morgan fingerprint density at radius 2 is 0.897 bits per heavy atom. The number of carbonyl (C=O) groups is 5. The molecule has 6 rings (SSSR count). The lowest BCUT2D eigenvalue weighted by Gasteiger charge is -2.44. The van der Waals surface area contributed by atoms with E-state index in [0.29, 0.717) is 12.8 Å². The minimum atomic E-state index is -1.54. The van der Waals surface area contributed by atoms with Crippen LogP contribution in [0.5, 0.6) is 0 Å². The van der Waals surface area contributed by atoms with Crippen molar-refractivity contribution in [3.8, 4) is 0 Å². The van der Waals surface area contributed by atoms with Crippen LogP contribution in [0, 0.1) is 0 Å². The minimum Gasteiger partial charge on any atom is -0.461 e. The van der Waals surface area contributed by atoms with Gasteiger partial charge in [0.15, 0.2) is 24.6 Å². The van der Waals surface area contributed by atoms with Crippen LogP contribution in [0.3, 0.4) is 0 Å². The van der Waals surface area contributed by atoms with Gasteiger partial charge in [-0.25, -0.2) is 19.2 Å². The highest BCUT2D eigenvalue weighted by Gasteiger charge is 2.53. The fourth-order valence-electron chi connectivity index (χ4n) is 6.04. The molecule has 0 saturated carbocycles. The molecule has 5 atom stereocenters. The van der Waals surface area contributed by atoms with Gasteiger partial charge in [-0.15, -0.1) is 0 Å². The summed E-state index contributed by atoms with van der Waals surface area (Å²) in [5, 5.41) is 0. The van der Waals surface area contributed by atoms with Crippen LogP contribution in [0.4, 0.5) is 0 Å². The van der Waals surface area contributed by atoms with Gasteiger partial charge in [0.1, 0.15) is 19.3 Å². The van der Waals surface area contributed by atoms with Crippen LogP contribution in [0.15, 0.2) is 152 Å². The summed E-state index contributed by atoms with van der Waals surface area (Å²) in [5.74, 6) is -3.50. The van der Waals surface area contributed by atoms with Crippen molar-refractivity contribution in [3.63, 3.8) is 0 Å². The van der Waals surface area contributed by atoms with Crippen LogP contribution in [0.2, 0.25) is 0 Å². The summed E-state index contributed by atoms with van der Waals surface area (Å²) in [6.07, 6.45) is -6.41. The molecule has 0 bridgehead atoms. The molecule has 0 aromatic heterocycles. The molecule has 3 unspecified atom stereocenters. The lowest BCUT2D eigenvalue weighted by atomic mass is 9.97. The molecule has 1 heterocycles. The van der Waals surface area contributed by atoms with E-state index in [2.05, 4.69) is 0 Å². The Morgan fingerprint density at radius 3 is 1.40 bits per heavy atom. The van der Waals surface area contributed by atoms with E-state index in [1.807, 2.05) is 30.3 Å². The lowest BCUT2D eigenvalue weighted by Crippen LogP contribution is -2.63. The van der Waals surface area contributed by atoms with Crippen molar-refractivity contribution in [2.75, 3.05) is 13.2 Å². The summed E-state index contributed by atoms with van der Waals surface area (Å²) in [6.45, 7) is -0.331. The van der Waals surface area contributed by atoms with Crippen molar-refractivity contribution < 1.29 is 57.1 Å². The zero-order chi connectivity index (χ0) is 40.5. The van der Waals surface area contributed by atoms with Crippen LogP contribution in [0.25, 0.3) is 0 Å². The normalized spacial score (nSPS) is 18.6. The molecule has 298 valence electrons. The maximum atomic E-state index is 13.8. The highest BCUT2D eigenvalue weighted by molar-refractivity contribution is 5.91. The Hall–Kier alpha value is -6.63. The summed E-state index contributed by atoms with van der Waals surface area (Å²) in [4.78, 5) is 66.7. The van der Waals surface area contributed by atoms with Gasteiger partial charge >= 0.3 is 29.8 Å². The van der Waals surface area contributed by atoms with E-state index in [1.165, 1.54) is 24.3 Å². The average molecular weight is 787 g/mol. The molecule has 0 N–H and O–H groups in total. The van der Waals surface area contributed by atoms with Crippen molar-refractivity contribution in [2.45, 2.75) is 56.6 Å². The Morgan fingerprint density at radius 1 is 0.466 bits per heavy atom. The van der Waals surface area contributed by atoms with Gasteiger partial charge in [0.2, 0.25) is 0 Å². The van der Waals surface area contributed by atoms with E-state index in [1.54, 1.807) is 97.1 Å². The quantitative estimate of drug-likeness (QED) is 0.0534. The molecule has 1 aliphatic rings. The number of rotatable bonds is 17. The van der Waals surface area contributed by atoms with E-state index in [9.17, 15) is 24.0 Å². The standard InChI is InChI=1S/C46H42O12/c47-38(53-30-32-18-6-1-7-19-32)28-16-17-29-52-46-41(58-45(51)36-26-14-5-15-27-36)40(57-44(50)35-24-12-4-13-25-35)39(56-43(49)34-22-10-3-11-23-34)37(55-46)31-54-42(48)33-20-8-2-9-21-33/h1-15,18-27,37,39-41,46H,16-17,28-31H2/t37?,39-,40?,41?,46+/m1/s1. The fourth-order valence-corrected chi connectivity index (χ4v) is 6.04. The molecule has 1 aliphatic heterocycles. The Labute approximate surface area is 335 Å². The maximum Gasteiger partial charge on any atom is 0.338 e. The molecule has 1 fully saturated rings. The predicted molar refractivity (Wildman–Crippen MR) is 208 cm³/mol. The summed E-state index contributed by atoms with van der Waals surface area (Å²) in [5.41, 5.74) is 1.64. The maximum absolute atomic E-state index is 13.8. The van der Waals surface area contributed by atoms with Crippen molar-refractivity contribution in [1.29, 1.82) is 0 Å². The Balaban J connectivity index is 1.27. The largest absolute Gasteiger partial charge is 0.461 e. The van der Waals surface area contributed by atoms with E-state index >= 15 is 0 Å². The van der Waals surface area contributed by atoms with Gasteiger partial charge in [0.05, 0.1) is 22.3 Å². The summed E-state index contributed by atoms with van der Waals surface area (Å²) < 4.78 is 41.8. The van der Waals surface area contributed by atoms with Gasteiger partial charge in [0, 0.05) is 13.0 Å². The molecule has 0 radical (unpaired) electrons. The van der Waals surface area contributed by atoms with Crippen molar-refractivity contribution >= 4 is 29.8 Å². The molecule has 0 amide bonds. The second-order valence-corrected chi connectivity index (χ2v) is 13.2. The van der Waals surface area contributed by atoms with Crippen LogP contribution >= 0.6 is 0 Å². The first kappa shape index (κ1) is 41.0. The van der Waals surface area contributed by atoms with Gasteiger partial charge in [0.25, 0.3) is 0 Å². The van der Waals surface area contributed by atoms with Gasteiger partial charge in [-0.05, 0) is 66.9 Å². The third-order valence-corrected chi connectivity index (χ3v) is 9.04. The number of ether oxygens (including phenoxy) is 7. The fraction of sp³-hybridized carbons (Fsp3) is 0.239. The van der Waals surface area contributed by atoms with Crippen LogP contribution in [0.1, 0.15) is 66.3 Å². The first-order chi connectivity index (χ1) is 28.4. The molecule has 0 aliphatic carbocycles. The number of unbranched alkanes of at least 4 members (excludes halogenated alkanes) is 1. The van der Waals surface area contributed by atoms with Gasteiger partial charge in [-0.2, -0.15) is 0 Å². The van der Waals surface area contributed by atoms with Crippen LogP contribution in [-0.4, -0.2) is 73.8 Å². The zero-order valence-electron chi connectivity index (χ0n) is 31.5. The number of hydrogen-bond acceptors (Lipinski definition) is 12. The third-order valence-electron chi connectivity index (χ3n) is 9.04. The van der Waals surface area contributed by atoms with E-state index in [0.717, 1.165) is 5.56 Å². The van der Waals surface area contributed by atoms with E-state index < -0.39 is 61.2 Å². The SMILES string of the molecule is O=C(CCCCO[C@H]1OC(COC(=O)c2ccccc2)[C@@H](OC(=O)c2ccccc2)C(OC(=O)c2ccccc2)C1OC(=O)c1ccccc1)OCc1ccccc1. The average Bonchev–Trinajstić information content (AvgIpc) is 3.27. The number of hydrogen-bond donors (Lipinski definition) is 0. The van der Waals surface area contributed by atoms with Crippen molar-refractivity contribution in [2.24, 2.45) is 0 Å². The highest BCUT2D eigenvalue weighted by atomic mass is 16.7. The smallest absolute Gasteiger partial charge is 0.338 e. The van der Waals surface area contributed by atoms with Gasteiger partial charge < -0.3 is 33.2 Å². The molecule has 12 heteroatoms. The minimum absolute atomic E-state index is 0.000361. The topological polar surface area (TPSA) is 150 Å². The zero-order valence-corrected chi connectivity index (χ0v) is 31.5. The molecule has 0 spiro atoms. The van der Waals surface area contributed by atoms with Gasteiger partial charge in [-0.1, -0.05) is 103 Å². The molecule has 1 saturated heterocycles. The first-order valence-electron chi connectivity index (χ1n) is 18.8. The number of esters is 5. The van der Waals surface area contributed by atoms with E-state index in [4.69, 9.17) is 33.2 Å². The van der Waals surface area contributed by atoms with Crippen molar-refractivity contribution in [3.05, 3.63) is 179 Å². The monoisotopic (exact) mass is 786 g/mol. The predicted octanol–water partition coefficient (Wildman–Crippen LogP) is 7.18. The second kappa shape index (κ2) is 21.1. The van der Waals surface area contributed by atoms with Crippen LogP contribution in [-0.2, 0) is 44.6 Å². The summed E-state index contributed by atoms with van der Waals surface area (Å²) in [7, 11) is 0. The van der Waals surface area contributed by atoms with Crippen molar-refractivity contribution in [1.82, 2.24) is 0 Å². The molecule has 5 aromatic carbocycles. The van der Waals surface area contributed by atoms with Crippen LogP contribution < -0.4 is 0 Å². The first-order valence-corrected chi connectivity index (χ1v) is 18.8. The van der Waals surface area contributed by atoms with Gasteiger partial charge in [-0.3, -0.25) is 4.79 Å². The lowest BCUT2D eigenvalue weighted by molar-refractivity contribution is -0.298. The third kappa shape index (κ3) is 11.7. The number of benzene rings is 5. The Kier molecular flexibility index (Phi) is 14.9. The highest BCUT2D eigenvalue weighted by Crippen LogP contribution is 2.32. The summed E-state index contributed by atoms with van der Waals surface area (Å²) in [6, 6.07) is 41.9. The van der Waals surface area contributed by atoms with E-state index in [-0.39, 0.29) is 47.9 Å². The molecule has 58 heavy (non-hydrogen) atoms. The molecule has 5 aromatic rings. The second-order valence-electron chi connectivity index (χ2n) is 13.2. The summed E-state index contributed by atoms with van der Waals surface area (Å²) >= 11 is 0. The molecular weight excluding hydrogens is 744 g/mol. The number of carbonyl (C=O) groups excluding carboxylic acids is 5. The molecule has 12 nitrogen and oxygen atoms in total. The molecular formula is C46H42O12. The Bertz CT molecular complexity index is 2080.